The zero-order valence-electron chi connectivity index (χ0n) is 43.1. The lowest BCUT2D eigenvalue weighted by molar-refractivity contribution is -0.139. The van der Waals surface area contributed by atoms with Crippen LogP contribution >= 0.6 is 0 Å². The Bertz CT molecular complexity index is 2550. The third-order valence-electron chi connectivity index (χ3n) is 14.0. The summed E-state index contributed by atoms with van der Waals surface area (Å²) in [4.78, 5) is 123. The Morgan fingerprint density at radius 3 is 1.32 bits per heavy atom. The first-order valence-electron chi connectivity index (χ1n) is 24.4. The molecule has 0 heterocycles. The highest BCUT2D eigenvalue weighted by molar-refractivity contribution is 6.09. The second-order valence-corrected chi connectivity index (χ2v) is 22.6. The fourth-order valence-corrected chi connectivity index (χ4v) is 8.54. The second-order valence-electron chi connectivity index (χ2n) is 22.6. The van der Waals surface area contributed by atoms with Crippen LogP contribution in [0, 0.1) is 45.3 Å². The summed E-state index contributed by atoms with van der Waals surface area (Å²) in [6.07, 6.45) is -0.454. The van der Waals surface area contributed by atoms with Crippen molar-refractivity contribution in [3.63, 3.8) is 0 Å². The van der Waals surface area contributed by atoms with E-state index in [4.69, 9.17) is 0 Å². The molecular formula is C60H74O9. The largest absolute Gasteiger partial charge is 0.300 e. The van der Waals surface area contributed by atoms with Gasteiger partial charge in [-0.2, -0.15) is 0 Å². The lowest BCUT2D eigenvalue weighted by atomic mass is 9.71. The maximum absolute atomic E-state index is 14.7. The molecule has 0 aliphatic rings. The average Bonchev–Trinajstić information content (AvgIpc) is 3.27. The molecule has 368 valence electrons. The molecule has 0 amide bonds. The van der Waals surface area contributed by atoms with E-state index >= 15 is 0 Å². The number of fused-ring (bicyclic) bond motifs is 1. The fraction of sp³-hybridized carbons (Fsp3) is 0.483. The molecule has 0 bridgehead atoms. The van der Waals surface area contributed by atoms with Crippen molar-refractivity contribution in [3.8, 4) is 0 Å². The smallest absolute Gasteiger partial charge is 0.193 e. The van der Waals surface area contributed by atoms with Crippen molar-refractivity contribution in [3.05, 3.63) is 119 Å². The van der Waals surface area contributed by atoms with E-state index in [1.165, 1.54) is 6.92 Å². The second kappa shape index (κ2) is 23.2. The minimum atomic E-state index is -1.27. The van der Waals surface area contributed by atoms with Crippen molar-refractivity contribution in [2.45, 2.75) is 141 Å². The molecule has 0 aromatic heterocycles. The summed E-state index contributed by atoms with van der Waals surface area (Å²) in [6.45, 7) is 20.3. The van der Waals surface area contributed by atoms with Crippen LogP contribution in [0.1, 0.15) is 155 Å². The molecule has 9 heteroatoms. The van der Waals surface area contributed by atoms with E-state index in [1.54, 1.807) is 104 Å². The van der Waals surface area contributed by atoms with Gasteiger partial charge in [-0.1, -0.05) is 173 Å². The maximum Gasteiger partial charge on any atom is 0.193 e. The molecule has 0 saturated carbocycles. The zero-order chi connectivity index (χ0) is 51.6. The Morgan fingerprint density at radius 1 is 0.420 bits per heavy atom. The van der Waals surface area contributed by atoms with Gasteiger partial charge in [-0.25, -0.2) is 0 Å². The summed E-state index contributed by atoms with van der Waals surface area (Å²) in [5, 5.41) is 1.99. The monoisotopic (exact) mass is 939 g/mol. The molecule has 0 spiro atoms. The van der Waals surface area contributed by atoms with Gasteiger partial charge in [0.1, 0.15) is 46.3 Å². The highest BCUT2D eigenvalue weighted by Gasteiger charge is 2.41. The first kappa shape index (κ1) is 55.8. The summed E-state index contributed by atoms with van der Waals surface area (Å²) >= 11 is 0. The molecule has 69 heavy (non-hydrogen) atoms. The van der Waals surface area contributed by atoms with Crippen molar-refractivity contribution in [2.75, 3.05) is 0 Å². The van der Waals surface area contributed by atoms with Gasteiger partial charge in [-0.15, -0.1) is 0 Å². The third kappa shape index (κ3) is 15.8. The summed E-state index contributed by atoms with van der Waals surface area (Å²) in [6, 6.07) is 29.5. The number of ketones is 9. The summed E-state index contributed by atoms with van der Waals surface area (Å²) < 4.78 is 0. The van der Waals surface area contributed by atoms with E-state index in [9.17, 15) is 43.2 Å². The van der Waals surface area contributed by atoms with E-state index in [2.05, 4.69) is 0 Å². The van der Waals surface area contributed by atoms with Crippen molar-refractivity contribution in [1.82, 2.24) is 0 Å². The summed E-state index contributed by atoms with van der Waals surface area (Å²) in [5.74, 6) is -4.77. The number of hydrogen-bond acceptors (Lipinski definition) is 9. The lowest BCUT2D eigenvalue weighted by Crippen LogP contribution is -2.37. The van der Waals surface area contributed by atoms with Crippen LogP contribution in [0.15, 0.2) is 97.1 Å². The number of Topliss-reactive ketones (excluding diaryl/α,β-unsaturated/α-hetero) is 8. The van der Waals surface area contributed by atoms with Gasteiger partial charge in [0.15, 0.2) is 5.78 Å². The summed E-state index contributed by atoms with van der Waals surface area (Å²) in [7, 11) is 0. The quantitative estimate of drug-likeness (QED) is 0.0531. The minimum absolute atomic E-state index is 0.0147. The highest BCUT2D eigenvalue weighted by atomic mass is 16.2. The zero-order valence-corrected chi connectivity index (χ0v) is 43.1. The van der Waals surface area contributed by atoms with Crippen LogP contribution in [-0.2, 0) is 51.2 Å². The predicted octanol–water partition coefficient (Wildman–Crippen LogP) is 11.8. The maximum atomic E-state index is 14.7. The standard InChI is InChI=1S/C60H74O9/c1-38(40(3)61)28-53(66)59(9,10)36-50(63)47(30-41-22-26-45(27-23-41)56(69)44-19-14-13-15-20-44)33-55(68)60(11,12)37-51(64)48(32-42-24-25-43-18-16-17-21-46(43)31-42)34-54(67)58(7,8)35-49(62)39(2)29-52(65)57(4,5)6/h13-27,31,38-39,47-48H,28-30,32-37H2,1-12H3. The molecule has 0 radical (unpaired) electrons. The van der Waals surface area contributed by atoms with Gasteiger partial charge < -0.3 is 0 Å². The Morgan fingerprint density at radius 2 is 0.826 bits per heavy atom. The Balaban J connectivity index is 1.61. The molecule has 0 aliphatic carbocycles. The van der Waals surface area contributed by atoms with Crippen LogP contribution in [0.25, 0.3) is 10.8 Å². The molecular weight excluding hydrogens is 865 g/mol. The van der Waals surface area contributed by atoms with E-state index in [1.807, 2.05) is 69.3 Å². The highest BCUT2D eigenvalue weighted by Crippen LogP contribution is 2.36. The van der Waals surface area contributed by atoms with Crippen LogP contribution < -0.4 is 0 Å². The normalized spacial score (nSPS) is 14.0. The lowest BCUT2D eigenvalue weighted by Gasteiger charge is -2.30. The van der Waals surface area contributed by atoms with Crippen LogP contribution in [0.5, 0.6) is 0 Å². The van der Waals surface area contributed by atoms with Crippen LogP contribution in [-0.4, -0.2) is 52.0 Å². The molecule has 4 unspecified atom stereocenters. The van der Waals surface area contributed by atoms with Gasteiger partial charge in [-0.3, -0.25) is 43.2 Å². The average molecular weight is 939 g/mol. The molecule has 9 nitrogen and oxygen atoms in total. The molecule has 4 aromatic rings. The Labute approximate surface area is 410 Å². The van der Waals surface area contributed by atoms with Gasteiger partial charge in [0.25, 0.3) is 0 Å². The minimum Gasteiger partial charge on any atom is -0.300 e. The number of hydrogen-bond donors (Lipinski definition) is 0. The SMILES string of the molecule is CC(=O)C(C)CC(=O)C(C)(C)CC(=O)C(CC(=O)C(C)(C)CC(=O)C(CC(=O)C(C)(C)CC(=O)C(C)CC(=O)C(C)(C)C)Cc1ccc2ccccc2c1)Cc1ccc(C(=O)c2ccccc2)cc1. The van der Waals surface area contributed by atoms with Crippen molar-refractivity contribution in [2.24, 2.45) is 45.3 Å². The van der Waals surface area contributed by atoms with Crippen LogP contribution in [0.2, 0.25) is 0 Å². The van der Waals surface area contributed by atoms with Crippen molar-refractivity contribution in [1.29, 1.82) is 0 Å². The van der Waals surface area contributed by atoms with E-state index in [0.29, 0.717) is 16.7 Å². The van der Waals surface area contributed by atoms with Gasteiger partial charge in [-0.05, 0) is 41.7 Å². The van der Waals surface area contributed by atoms with Crippen molar-refractivity contribution < 1.29 is 43.2 Å². The summed E-state index contributed by atoms with van der Waals surface area (Å²) in [5.41, 5.74) is -1.59. The predicted molar refractivity (Wildman–Crippen MR) is 272 cm³/mol. The van der Waals surface area contributed by atoms with Gasteiger partial charge in [0, 0.05) is 101 Å². The first-order valence-corrected chi connectivity index (χ1v) is 24.4. The number of benzene rings is 4. The van der Waals surface area contributed by atoms with Crippen LogP contribution in [0.4, 0.5) is 0 Å². The third-order valence-corrected chi connectivity index (χ3v) is 14.0. The first-order chi connectivity index (χ1) is 32.0. The molecule has 0 N–H and O–H groups in total. The van der Waals surface area contributed by atoms with Crippen LogP contribution in [0.3, 0.4) is 0 Å². The van der Waals surface area contributed by atoms with Gasteiger partial charge in [0.2, 0.25) is 0 Å². The van der Waals surface area contributed by atoms with E-state index < -0.39 is 45.3 Å². The Kier molecular flexibility index (Phi) is 18.7. The molecule has 0 fully saturated rings. The molecule has 4 atom stereocenters. The van der Waals surface area contributed by atoms with Crippen molar-refractivity contribution >= 4 is 62.8 Å². The topological polar surface area (TPSA) is 154 Å². The molecule has 4 rings (SSSR count). The van der Waals surface area contributed by atoms with Gasteiger partial charge >= 0.3 is 0 Å². The molecule has 0 saturated heterocycles. The molecule has 4 aromatic carbocycles. The number of carbonyl (C=O) groups excluding carboxylic acids is 9. The van der Waals surface area contributed by atoms with Gasteiger partial charge in [0.05, 0.1) is 0 Å². The fourth-order valence-electron chi connectivity index (χ4n) is 8.54. The number of carbonyl (C=O) groups is 9. The molecule has 0 aliphatic heterocycles. The van der Waals surface area contributed by atoms with E-state index in [-0.39, 0.29) is 110 Å². The number of rotatable bonds is 27. The van der Waals surface area contributed by atoms with E-state index in [0.717, 1.165) is 16.3 Å². The Hall–Kier alpha value is -5.83.